The molecule has 1 atom stereocenters. The molecule has 0 radical (unpaired) electrons. The van der Waals surface area contributed by atoms with Crippen LogP contribution in [0.5, 0.6) is 0 Å². The zero-order valence-corrected chi connectivity index (χ0v) is 19.7. The molecule has 172 valence electrons. The summed E-state index contributed by atoms with van der Waals surface area (Å²) in [7, 11) is -3.67. The van der Waals surface area contributed by atoms with Crippen LogP contribution in [0, 0.1) is 0 Å². The minimum atomic E-state index is -3.67. The summed E-state index contributed by atoms with van der Waals surface area (Å²) in [5, 5.41) is 6.09. The van der Waals surface area contributed by atoms with Gasteiger partial charge in [-0.1, -0.05) is 47.8 Å². The minimum Gasteiger partial charge on any atom is -0.348 e. The Balaban J connectivity index is 1.53. The van der Waals surface area contributed by atoms with Gasteiger partial charge < -0.3 is 10.6 Å². The highest BCUT2D eigenvalue weighted by atomic mass is 35.5. The van der Waals surface area contributed by atoms with E-state index in [1.165, 1.54) is 16.4 Å². The van der Waals surface area contributed by atoms with E-state index in [9.17, 15) is 18.0 Å². The predicted molar refractivity (Wildman–Crippen MR) is 124 cm³/mol. The van der Waals surface area contributed by atoms with Crippen molar-refractivity contribution in [3.05, 3.63) is 64.1 Å². The number of amides is 2. The van der Waals surface area contributed by atoms with Gasteiger partial charge in [-0.25, -0.2) is 8.42 Å². The maximum atomic E-state index is 13.1. The molecule has 1 fully saturated rings. The summed E-state index contributed by atoms with van der Waals surface area (Å²) in [4.78, 5) is 24.4. The zero-order valence-electron chi connectivity index (χ0n) is 17.4. The molecule has 32 heavy (non-hydrogen) atoms. The molecule has 0 aliphatic carbocycles. The molecule has 1 aliphatic heterocycles. The van der Waals surface area contributed by atoms with Crippen LogP contribution >= 0.6 is 23.2 Å². The summed E-state index contributed by atoms with van der Waals surface area (Å²) < 4.78 is 27.7. The molecule has 0 bridgehead atoms. The molecular formula is C22H25Cl2N3O4S. The van der Waals surface area contributed by atoms with Crippen molar-refractivity contribution in [2.45, 2.75) is 43.2 Å². The van der Waals surface area contributed by atoms with E-state index >= 15 is 0 Å². The van der Waals surface area contributed by atoms with Crippen molar-refractivity contribution in [1.82, 2.24) is 14.9 Å². The van der Waals surface area contributed by atoms with Gasteiger partial charge in [0.2, 0.25) is 10.0 Å². The molecule has 0 spiro atoms. The summed E-state index contributed by atoms with van der Waals surface area (Å²) >= 11 is 11.9. The van der Waals surface area contributed by atoms with Gasteiger partial charge in [-0.15, -0.1) is 0 Å². The molecule has 3 rings (SSSR count). The Morgan fingerprint density at radius 3 is 2.38 bits per heavy atom. The Kier molecular flexibility index (Phi) is 8.53. The van der Waals surface area contributed by atoms with Gasteiger partial charge in [0.25, 0.3) is 0 Å². The number of benzene rings is 2. The zero-order chi connectivity index (χ0) is 23.1. The molecule has 1 heterocycles. The van der Waals surface area contributed by atoms with Gasteiger partial charge in [0.1, 0.15) is 0 Å². The van der Waals surface area contributed by atoms with Gasteiger partial charge in [0, 0.05) is 35.7 Å². The van der Waals surface area contributed by atoms with Crippen molar-refractivity contribution in [2.75, 3.05) is 13.1 Å². The molecule has 2 aromatic carbocycles. The Bertz CT molecular complexity index is 1060. The minimum absolute atomic E-state index is 0.141. The molecule has 2 amide bonds. The molecule has 2 N–H and O–H groups in total. The number of hydrogen-bond donors (Lipinski definition) is 2. The average molecular weight is 498 g/mol. The second-order valence-electron chi connectivity index (χ2n) is 7.54. The molecule has 1 unspecified atom stereocenters. The van der Waals surface area contributed by atoms with E-state index in [0.717, 1.165) is 12.8 Å². The van der Waals surface area contributed by atoms with E-state index in [4.69, 9.17) is 23.2 Å². The first-order chi connectivity index (χ1) is 15.3. The highest BCUT2D eigenvalue weighted by Gasteiger charge is 2.33. The summed E-state index contributed by atoms with van der Waals surface area (Å²) in [6.07, 6.45) is 2.79. The fourth-order valence-corrected chi connectivity index (χ4v) is 5.70. The number of sulfonamides is 1. The van der Waals surface area contributed by atoms with Crippen molar-refractivity contribution < 1.29 is 18.0 Å². The maximum Gasteiger partial charge on any atom is 0.309 e. The van der Waals surface area contributed by atoms with Crippen LogP contribution in [0.15, 0.2) is 53.4 Å². The quantitative estimate of drug-likeness (QED) is 0.573. The fraction of sp³-hybridized carbons (Fsp3) is 0.364. The van der Waals surface area contributed by atoms with Crippen LogP contribution in [0.25, 0.3) is 0 Å². The topological polar surface area (TPSA) is 95.6 Å². The Morgan fingerprint density at radius 2 is 1.66 bits per heavy atom. The summed E-state index contributed by atoms with van der Waals surface area (Å²) in [5.74, 6) is -1.53. The highest BCUT2D eigenvalue weighted by Crippen LogP contribution is 2.27. The van der Waals surface area contributed by atoms with Crippen LogP contribution in [0.4, 0.5) is 0 Å². The normalized spacial score (nSPS) is 17.0. The third-order valence-electron chi connectivity index (χ3n) is 5.36. The SMILES string of the molecule is O=C(NCCC1CCCCN1S(=O)(=O)c1ccc(Cl)cc1)C(=O)NCc1ccccc1Cl. The summed E-state index contributed by atoms with van der Waals surface area (Å²) in [6.45, 7) is 0.749. The number of nitrogens with one attached hydrogen (secondary N) is 2. The standard InChI is InChI=1S/C22H25Cl2N3O4S/c23-17-8-10-19(11-9-17)32(30,31)27-14-4-3-6-18(27)12-13-25-21(28)22(29)26-15-16-5-1-2-7-20(16)24/h1-2,5,7-11,18H,3-4,6,12-15H2,(H,25,28)(H,26,29). The first-order valence-electron chi connectivity index (χ1n) is 10.4. The van der Waals surface area contributed by atoms with Crippen LogP contribution in [0.1, 0.15) is 31.2 Å². The lowest BCUT2D eigenvalue weighted by atomic mass is 10.0. The van der Waals surface area contributed by atoms with Gasteiger partial charge in [0.05, 0.1) is 4.90 Å². The molecule has 2 aromatic rings. The van der Waals surface area contributed by atoms with Crippen LogP contribution in [-0.4, -0.2) is 43.7 Å². The predicted octanol–water partition coefficient (Wildman–Crippen LogP) is 3.36. The first kappa shape index (κ1) is 24.5. The van der Waals surface area contributed by atoms with Crippen LogP contribution in [0.2, 0.25) is 10.0 Å². The average Bonchev–Trinajstić information content (AvgIpc) is 2.79. The van der Waals surface area contributed by atoms with E-state index in [-0.39, 0.29) is 24.0 Å². The van der Waals surface area contributed by atoms with E-state index in [2.05, 4.69) is 10.6 Å². The summed E-state index contributed by atoms with van der Waals surface area (Å²) in [5.41, 5.74) is 0.709. The second kappa shape index (κ2) is 11.1. The highest BCUT2D eigenvalue weighted by molar-refractivity contribution is 7.89. The van der Waals surface area contributed by atoms with Gasteiger partial charge in [-0.2, -0.15) is 4.31 Å². The van der Waals surface area contributed by atoms with Crippen molar-refractivity contribution >= 4 is 45.0 Å². The number of carbonyl (C=O) groups is 2. The number of carbonyl (C=O) groups excluding carboxylic acids is 2. The lowest BCUT2D eigenvalue weighted by molar-refractivity contribution is -0.139. The monoisotopic (exact) mass is 497 g/mol. The summed E-state index contributed by atoms with van der Waals surface area (Å²) in [6, 6.07) is 12.9. The largest absolute Gasteiger partial charge is 0.348 e. The van der Waals surface area contributed by atoms with Crippen molar-refractivity contribution in [1.29, 1.82) is 0 Å². The Hall–Kier alpha value is -2.13. The second-order valence-corrected chi connectivity index (χ2v) is 10.3. The lowest BCUT2D eigenvalue weighted by Crippen LogP contribution is -2.46. The Labute approximate surface area is 198 Å². The van der Waals surface area contributed by atoms with Crippen LogP contribution < -0.4 is 10.6 Å². The van der Waals surface area contributed by atoms with Crippen LogP contribution in [-0.2, 0) is 26.2 Å². The Morgan fingerprint density at radius 1 is 0.969 bits per heavy atom. The van der Waals surface area contributed by atoms with E-state index < -0.39 is 21.8 Å². The number of rotatable bonds is 7. The van der Waals surface area contributed by atoms with Crippen molar-refractivity contribution in [3.8, 4) is 0 Å². The molecule has 1 saturated heterocycles. The lowest BCUT2D eigenvalue weighted by Gasteiger charge is -2.34. The fourth-order valence-electron chi connectivity index (χ4n) is 3.65. The third kappa shape index (κ3) is 6.22. The molecule has 0 aromatic heterocycles. The van der Waals surface area contributed by atoms with Gasteiger partial charge >= 0.3 is 11.8 Å². The smallest absolute Gasteiger partial charge is 0.309 e. The van der Waals surface area contributed by atoms with Crippen molar-refractivity contribution in [3.63, 3.8) is 0 Å². The third-order valence-corrected chi connectivity index (χ3v) is 7.95. The van der Waals surface area contributed by atoms with Crippen molar-refractivity contribution in [2.24, 2.45) is 0 Å². The molecule has 0 saturated carbocycles. The van der Waals surface area contributed by atoms with E-state index in [1.807, 2.05) is 0 Å². The first-order valence-corrected chi connectivity index (χ1v) is 12.6. The maximum absolute atomic E-state index is 13.1. The molecule has 1 aliphatic rings. The van der Waals surface area contributed by atoms with E-state index in [0.29, 0.717) is 35.0 Å². The van der Waals surface area contributed by atoms with Gasteiger partial charge in [0.15, 0.2) is 0 Å². The molecular weight excluding hydrogens is 473 g/mol. The number of halogens is 2. The molecule has 10 heteroatoms. The van der Waals surface area contributed by atoms with Gasteiger partial charge in [-0.05, 0) is 55.2 Å². The number of nitrogens with zero attached hydrogens (tertiary/aromatic N) is 1. The number of piperidine rings is 1. The van der Waals surface area contributed by atoms with Crippen LogP contribution in [0.3, 0.4) is 0 Å². The molecule has 7 nitrogen and oxygen atoms in total. The van der Waals surface area contributed by atoms with Gasteiger partial charge in [-0.3, -0.25) is 9.59 Å². The van der Waals surface area contributed by atoms with E-state index in [1.54, 1.807) is 36.4 Å². The number of hydrogen-bond acceptors (Lipinski definition) is 4.